The van der Waals surface area contributed by atoms with E-state index in [1.54, 1.807) is 0 Å². The van der Waals surface area contributed by atoms with Crippen molar-refractivity contribution in [1.29, 1.82) is 0 Å². The molecule has 0 fully saturated rings. The molecule has 1 unspecified atom stereocenters. The first-order chi connectivity index (χ1) is 9.42. The molecule has 3 aromatic rings. The van der Waals surface area contributed by atoms with Crippen molar-refractivity contribution < 1.29 is 0 Å². The summed E-state index contributed by atoms with van der Waals surface area (Å²) >= 11 is 0. The highest BCUT2D eigenvalue weighted by Gasteiger charge is 2.21. The normalized spacial score (nSPS) is 18.0. The smallest absolute Gasteiger partial charge is 0.137 e. The largest absolute Gasteiger partial charge is 0.378 e. The molecule has 0 radical (unpaired) electrons. The Morgan fingerprint density at radius 3 is 3.05 bits per heavy atom. The number of nitrogens with one attached hydrogen (secondary N) is 2. The van der Waals surface area contributed by atoms with Gasteiger partial charge in [-0.15, -0.1) is 0 Å². The molecule has 4 rings (SSSR count). The highest BCUT2D eigenvalue weighted by Crippen LogP contribution is 2.34. The van der Waals surface area contributed by atoms with Gasteiger partial charge in [-0.1, -0.05) is 18.2 Å². The summed E-state index contributed by atoms with van der Waals surface area (Å²) in [6, 6.07) is 13.1. The van der Waals surface area contributed by atoms with Crippen LogP contribution in [0.3, 0.4) is 0 Å². The molecule has 0 saturated carbocycles. The van der Waals surface area contributed by atoms with Crippen molar-refractivity contribution in [2.24, 2.45) is 0 Å². The van der Waals surface area contributed by atoms with Crippen molar-refractivity contribution in [1.82, 2.24) is 9.97 Å². The Balaban J connectivity index is 1.75. The number of H-pyrrole nitrogens is 1. The number of anilines is 1. The van der Waals surface area contributed by atoms with Crippen LogP contribution in [0.5, 0.6) is 0 Å². The molecule has 0 amide bonds. The average Bonchev–Trinajstić information content (AvgIpc) is 2.91. The Hall–Kier alpha value is -2.29. The number of hydrogen-bond acceptors (Lipinski definition) is 2. The number of fused-ring (bicyclic) bond motifs is 2. The SMILES string of the molecule is c1ccc2c(c1)CCC(c1c[nH]c3ncccc13)N2. The van der Waals surface area contributed by atoms with Crippen LogP contribution in [0.2, 0.25) is 0 Å². The zero-order valence-electron chi connectivity index (χ0n) is 10.6. The standard InChI is InChI=1S/C16H15N3/c1-2-6-14-11(4-1)7-8-15(19-14)13-10-18-16-12(13)5-3-9-17-16/h1-6,9-10,15,19H,7-8H2,(H,17,18). The van der Waals surface area contributed by atoms with Crippen LogP contribution >= 0.6 is 0 Å². The maximum absolute atomic E-state index is 4.36. The van der Waals surface area contributed by atoms with Crippen LogP contribution in [0.1, 0.15) is 23.6 Å². The molecule has 3 nitrogen and oxygen atoms in total. The second kappa shape index (κ2) is 4.12. The van der Waals surface area contributed by atoms with Gasteiger partial charge in [0.15, 0.2) is 0 Å². The summed E-state index contributed by atoms with van der Waals surface area (Å²) in [4.78, 5) is 7.62. The predicted octanol–water partition coefficient (Wildman–Crippen LogP) is 3.66. The lowest BCUT2D eigenvalue weighted by Gasteiger charge is -2.26. The number of rotatable bonds is 1. The number of aryl methyl sites for hydroxylation is 1. The van der Waals surface area contributed by atoms with Gasteiger partial charge < -0.3 is 10.3 Å². The summed E-state index contributed by atoms with van der Waals surface area (Å²) in [6.07, 6.45) is 6.16. The second-order valence-electron chi connectivity index (χ2n) is 5.04. The third kappa shape index (κ3) is 1.70. The molecule has 0 spiro atoms. The van der Waals surface area contributed by atoms with Crippen LogP contribution < -0.4 is 5.32 Å². The zero-order chi connectivity index (χ0) is 12.7. The van der Waals surface area contributed by atoms with E-state index in [0.717, 1.165) is 18.5 Å². The Labute approximate surface area is 111 Å². The number of pyridine rings is 1. The van der Waals surface area contributed by atoms with E-state index in [-0.39, 0.29) is 0 Å². The van der Waals surface area contributed by atoms with Crippen molar-refractivity contribution in [3.8, 4) is 0 Å². The molecule has 3 heteroatoms. The third-order valence-electron chi connectivity index (χ3n) is 3.91. The number of nitrogens with zero attached hydrogens (tertiary/aromatic N) is 1. The minimum absolute atomic E-state index is 0.368. The zero-order valence-corrected chi connectivity index (χ0v) is 10.6. The molecule has 1 aromatic carbocycles. The summed E-state index contributed by atoms with van der Waals surface area (Å²) in [7, 11) is 0. The second-order valence-corrected chi connectivity index (χ2v) is 5.04. The van der Waals surface area contributed by atoms with Gasteiger partial charge in [0.05, 0.1) is 6.04 Å². The van der Waals surface area contributed by atoms with Gasteiger partial charge in [0.1, 0.15) is 5.65 Å². The van der Waals surface area contributed by atoms with Crippen LogP contribution in [-0.4, -0.2) is 9.97 Å². The number of para-hydroxylation sites is 1. The first-order valence-corrected chi connectivity index (χ1v) is 6.68. The van der Waals surface area contributed by atoms with Crippen molar-refractivity contribution >= 4 is 16.7 Å². The molecule has 0 saturated heterocycles. The van der Waals surface area contributed by atoms with Crippen molar-refractivity contribution in [2.75, 3.05) is 5.32 Å². The van der Waals surface area contributed by atoms with Gasteiger partial charge in [-0.05, 0) is 36.6 Å². The van der Waals surface area contributed by atoms with Gasteiger partial charge in [-0.25, -0.2) is 4.98 Å². The van der Waals surface area contributed by atoms with Gasteiger partial charge in [-0.2, -0.15) is 0 Å². The highest BCUT2D eigenvalue weighted by molar-refractivity contribution is 5.80. The van der Waals surface area contributed by atoms with E-state index in [9.17, 15) is 0 Å². The molecule has 1 aliphatic rings. The molecule has 3 heterocycles. The molecular weight excluding hydrogens is 234 g/mol. The molecule has 19 heavy (non-hydrogen) atoms. The van der Waals surface area contributed by atoms with Gasteiger partial charge in [0.2, 0.25) is 0 Å². The van der Waals surface area contributed by atoms with E-state index in [1.165, 1.54) is 22.2 Å². The monoisotopic (exact) mass is 249 g/mol. The summed E-state index contributed by atoms with van der Waals surface area (Å²) < 4.78 is 0. The quantitative estimate of drug-likeness (QED) is 0.691. The van der Waals surface area contributed by atoms with Crippen LogP contribution in [0.15, 0.2) is 48.8 Å². The molecular formula is C16H15N3. The lowest BCUT2D eigenvalue weighted by molar-refractivity contribution is 0.672. The van der Waals surface area contributed by atoms with Crippen LogP contribution in [0.25, 0.3) is 11.0 Å². The topological polar surface area (TPSA) is 40.7 Å². The Morgan fingerprint density at radius 1 is 1.11 bits per heavy atom. The lowest BCUT2D eigenvalue weighted by Crippen LogP contribution is -2.17. The van der Waals surface area contributed by atoms with E-state index < -0.39 is 0 Å². The molecule has 0 aliphatic carbocycles. The molecule has 94 valence electrons. The number of aromatic nitrogens is 2. The van der Waals surface area contributed by atoms with Crippen molar-refractivity contribution in [3.63, 3.8) is 0 Å². The lowest BCUT2D eigenvalue weighted by atomic mass is 9.93. The Morgan fingerprint density at radius 2 is 2.05 bits per heavy atom. The third-order valence-corrected chi connectivity index (χ3v) is 3.91. The van der Waals surface area contributed by atoms with E-state index in [1.807, 2.05) is 12.3 Å². The number of hydrogen-bond donors (Lipinski definition) is 2. The van der Waals surface area contributed by atoms with E-state index in [0.29, 0.717) is 6.04 Å². The summed E-state index contributed by atoms with van der Waals surface area (Å²) in [5.41, 5.74) is 4.96. The minimum Gasteiger partial charge on any atom is -0.378 e. The van der Waals surface area contributed by atoms with E-state index in [2.05, 4.69) is 51.8 Å². The minimum atomic E-state index is 0.368. The Bertz CT molecular complexity index is 729. The summed E-state index contributed by atoms with van der Waals surface area (Å²) in [6.45, 7) is 0. The molecule has 2 N–H and O–H groups in total. The number of benzene rings is 1. The van der Waals surface area contributed by atoms with Crippen LogP contribution in [-0.2, 0) is 6.42 Å². The van der Waals surface area contributed by atoms with Crippen molar-refractivity contribution in [2.45, 2.75) is 18.9 Å². The number of aromatic amines is 1. The fourth-order valence-corrected chi connectivity index (χ4v) is 2.94. The summed E-state index contributed by atoms with van der Waals surface area (Å²) in [5.74, 6) is 0. The predicted molar refractivity (Wildman–Crippen MR) is 77.2 cm³/mol. The van der Waals surface area contributed by atoms with Gasteiger partial charge in [-0.3, -0.25) is 0 Å². The molecule has 1 aliphatic heterocycles. The van der Waals surface area contributed by atoms with Gasteiger partial charge in [0.25, 0.3) is 0 Å². The maximum atomic E-state index is 4.36. The van der Waals surface area contributed by atoms with E-state index >= 15 is 0 Å². The van der Waals surface area contributed by atoms with Crippen LogP contribution in [0.4, 0.5) is 5.69 Å². The van der Waals surface area contributed by atoms with Crippen molar-refractivity contribution in [3.05, 3.63) is 59.9 Å². The van der Waals surface area contributed by atoms with Crippen LogP contribution in [0, 0.1) is 0 Å². The van der Waals surface area contributed by atoms with E-state index in [4.69, 9.17) is 0 Å². The molecule has 2 aromatic heterocycles. The fourth-order valence-electron chi connectivity index (χ4n) is 2.94. The first-order valence-electron chi connectivity index (χ1n) is 6.68. The van der Waals surface area contributed by atoms with Gasteiger partial charge in [0, 0.05) is 29.0 Å². The summed E-state index contributed by atoms with van der Waals surface area (Å²) in [5, 5.41) is 4.87. The first kappa shape index (κ1) is 10.6. The Kier molecular flexibility index (Phi) is 2.30. The molecule has 1 atom stereocenters. The average molecular weight is 249 g/mol. The highest BCUT2D eigenvalue weighted by atomic mass is 14.9. The van der Waals surface area contributed by atoms with Gasteiger partial charge >= 0.3 is 0 Å². The maximum Gasteiger partial charge on any atom is 0.137 e. The fraction of sp³-hybridized carbons (Fsp3) is 0.188. The molecule has 0 bridgehead atoms.